The van der Waals surface area contributed by atoms with Crippen LogP contribution in [0.3, 0.4) is 0 Å². The van der Waals surface area contributed by atoms with Crippen LogP contribution >= 0.6 is 11.3 Å². The third kappa shape index (κ3) is 3.12. The van der Waals surface area contributed by atoms with Crippen molar-refractivity contribution in [1.82, 2.24) is 9.88 Å². The van der Waals surface area contributed by atoms with Gasteiger partial charge in [-0.15, -0.1) is 11.3 Å². The molecule has 0 radical (unpaired) electrons. The van der Waals surface area contributed by atoms with Crippen molar-refractivity contribution in [2.45, 2.75) is 26.2 Å². The summed E-state index contributed by atoms with van der Waals surface area (Å²) in [4.78, 5) is 17.2. The van der Waals surface area contributed by atoms with Crippen LogP contribution in [-0.4, -0.2) is 35.8 Å². The zero-order chi connectivity index (χ0) is 11.4. The number of hydrogen-bond acceptors (Lipinski definition) is 4. The molecule has 0 spiro atoms. The van der Waals surface area contributed by atoms with Crippen molar-refractivity contribution >= 4 is 17.6 Å². The van der Waals surface area contributed by atoms with Crippen molar-refractivity contribution in [2.75, 3.05) is 19.6 Å². The number of piperidine rings is 1. The first-order valence-electron chi connectivity index (χ1n) is 5.90. The quantitative estimate of drug-likeness (QED) is 0.754. The van der Waals surface area contributed by atoms with Gasteiger partial charge in [-0.3, -0.25) is 4.79 Å². The van der Waals surface area contributed by atoms with Gasteiger partial charge in [0.2, 0.25) is 0 Å². The van der Waals surface area contributed by atoms with Crippen molar-refractivity contribution in [2.24, 2.45) is 5.92 Å². The van der Waals surface area contributed by atoms with E-state index < -0.39 is 0 Å². The van der Waals surface area contributed by atoms with E-state index in [0.717, 1.165) is 30.2 Å². The highest BCUT2D eigenvalue weighted by atomic mass is 32.1. The van der Waals surface area contributed by atoms with Gasteiger partial charge in [0.15, 0.2) is 6.29 Å². The molecule has 2 heterocycles. The molecule has 0 aliphatic carbocycles. The number of carbonyl (C=O) groups excluding carboxylic acids is 1. The van der Waals surface area contributed by atoms with Crippen LogP contribution in [0.4, 0.5) is 0 Å². The summed E-state index contributed by atoms with van der Waals surface area (Å²) >= 11 is 1.59. The van der Waals surface area contributed by atoms with Gasteiger partial charge < -0.3 is 4.90 Å². The van der Waals surface area contributed by atoms with Crippen LogP contribution in [0.15, 0.2) is 5.38 Å². The maximum atomic E-state index is 10.5. The summed E-state index contributed by atoms with van der Waals surface area (Å²) in [6.07, 6.45) is 4.43. The second-order valence-corrected chi connectivity index (χ2v) is 5.50. The minimum Gasteiger partial charge on any atom is -0.303 e. The van der Waals surface area contributed by atoms with E-state index in [9.17, 15) is 4.79 Å². The van der Waals surface area contributed by atoms with Crippen molar-refractivity contribution in [3.05, 3.63) is 16.1 Å². The molecular formula is C12H18N2OS. The lowest BCUT2D eigenvalue weighted by Gasteiger charge is -2.29. The fourth-order valence-corrected chi connectivity index (χ4v) is 2.77. The zero-order valence-corrected chi connectivity index (χ0v) is 10.5. The number of likely N-dealkylation sites (tertiary alicyclic amines) is 1. The predicted octanol–water partition coefficient (Wildman–Crippen LogP) is 2.23. The summed E-state index contributed by atoms with van der Waals surface area (Å²) < 4.78 is 0. The van der Waals surface area contributed by atoms with E-state index >= 15 is 0 Å². The molecule has 1 fully saturated rings. The fourth-order valence-electron chi connectivity index (χ4n) is 2.03. The van der Waals surface area contributed by atoms with Crippen LogP contribution in [0.2, 0.25) is 0 Å². The average molecular weight is 238 g/mol. The summed E-state index contributed by atoms with van der Waals surface area (Å²) in [5.74, 6) is 0.887. The van der Waals surface area contributed by atoms with Crippen LogP contribution in [0, 0.1) is 5.92 Å². The zero-order valence-electron chi connectivity index (χ0n) is 9.69. The number of hydrogen-bond donors (Lipinski definition) is 0. The number of nitrogens with zero attached hydrogens (tertiary/aromatic N) is 2. The number of carbonyl (C=O) groups is 1. The largest absolute Gasteiger partial charge is 0.303 e. The Labute approximate surface area is 100 Å². The summed E-state index contributed by atoms with van der Waals surface area (Å²) in [6.45, 7) is 5.84. The summed E-state index contributed by atoms with van der Waals surface area (Å²) in [5.41, 5.74) is 0.576. The van der Waals surface area contributed by atoms with Gasteiger partial charge in [0.05, 0.1) is 5.01 Å². The minimum absolute atomic E-state index is 0.576. The lowest BCUT2D eigenvalue weighted by Crippen LogP contribution is -2.34. The van der Waals surface area contributed by atoms with Crippen molar-refractivity contribution in [3.8, 4) is 0 Å². The van der Waals surface area contributed by atoms with Crippen molar-refractivity contribution in [1.29, 1.82) is 0 Å². The van der Waals surface area contributed by atoms with E-state index in [2.05, 4.69) is 16.8 Å². The second-order valence-electron chi connectivity index (χ2n) is 4.56. The maximum absolute atomic E-state index is 10.5. The smallest absolute Gasteiger partial charge is 0.169 e. The molecule has 16 heavy (non-hydrogen) atoms. The molecule has 4 heteroatoms. The molecule has 88 valence electrons. The topological polar surface area (TPSA) is 33.2 Å². The Kier molecular flexibility index (Phi) is 4.07. The van der Waals surface area contributed by atoms with Gasteiger partial charge in [-0.25, -0.2) is 4.98 Å². The van der Waals surface area contributed by atoms with Crippen LogP contribution in [0.5, 0.6) is 0 Å². The van der Waals surface area contributed by atoms with Gasteiger partial charge in [-0.1, -0.05) is 6.92 Å². The Hall–Kier alpha value is -0.740. The van der Waals surface area contributed by atoms with Crippen LogP contribution < -0.4 is 0 Å². The number of thiazole rings is 1. The predicted molar refractivity (Wildman–Crippen MR) is 66.0 cm³/mol. The number of rotatable bonds is 4. The van der Waals surface area contributed by atoms with Crippen molar-refractivity contribution < 1.29 is 4.79 Å². The molecule has 1 aliphatic heterocycles. The molecule has 1 saturated heterocycles. The fraction of sp³-hybridized carbons (Fsp3) is 0.667. The standard InChI is InChI=1S/C12H18N2OS/c1-10-2-5-14(6-3-10)7-4-12-13-11(8-15)9-16-12/h8-10H,2-7H2,1H3. The first-order chi connectivity index (χ1) is 7.78. The summed E-state index contributed by atoms with van der Waals surface area (Å²) in [6, 6.07) is 0. The highest BCUT2D eigenvalue weighted by Crippen LogP contribution is 2.17. The molecule has 0 N–H and O–H groups in total. The van der Waals surface area contributed by atoms with Gasteiger partial charge in [0.1, 0.15) is 5.69 Å². The van der Waals surface area contributed by atoms with Gasteiger partial charge in [0.25, 0.3) is 0 Å². The molecule has 1 aromatic heterocycles. The SMILES string of the molecule is CC1CCN(CCc2nc(C=O)cs2)CC1. The lowest BCUT2D eigenvalue weighted by atomic mass is 9.99. The Morgan fingerprint density at radius 3 is 2.94 bits per heavy atom. The molecule has 0 bridgehead atoms. The van der Waals surface area contributed by atoms with E-state index in [0.29, 0.717) is 5.69 Å². The average Bonchev–Trinajstić information content (AvgIpc) is 2.76. The Bertz CT molecular complexity index is 343. The minimum atomic E-state index is 0.576. The van der Waals surface area contributed by atoms with E-state index in [-0.39, 0.29) is 0 Å². The molecule has 3 nitrogen and oxygen atoms in total. The van der Waals surface area contributed by atoms with E-state index in [1.165, 1.54) is 25.9 Å². The highest BCUT2D eigenvalue weighted by Gasteiger charge is 2.15. The highest BCUT2D eigenvalue weighted by molar-refractivity contribution is 7.09. The number of aldehydes is 1. The van der Waals surface area contributed by atoms with Crippen molar-refractivity contribution in [3.63, 3.8) is 0 Å². The van der Waals surface area contributed by atoms with E-state index in [1.807, 2.05) is 5.38 Å². The summed E-state index contributed by atoms with van der Waals surface area (Å²) in [5, 5.41) is 2.92. The second kappa shape index (κ2) is 5.55. The maximum Gasteiger partial charge on any atom is 0.169 e. The first kappa shape index (κ1) is 11.7. The normalized spacial score (nSPS) is 18.8. The molecule has 0 aromatic carbocycles. The van der Waals surface area contributed by atoms with Gasteiger partial charge in [-0.2, -0.15) is 0 Å². The molecule has 0 saturated carbocycles. The van der Waals surface area contributed by atoms with Gasteiger partial charge in [0, 0.05) is 18.3 Å². The third-order valence-electron chi connectivity index (χ3n) is 3.21. The van der Waals surface area contributed by atoms with Crippen LogP contribution in [0.1, 0.15) is 35.3 Å². The van der Waals surface area contributed by atoms with E-state index in [4.69, 9.17) is 0 Å². The third-order valence-corrected chi connectivity index (χ3v) is 4.14. The van der Waals surface area contributed by atoms with Gasteiger partial charge >= 0.3 is 0 Å². The molecule has 0 unspecified atom stereocenters. The molecular weight excluding hydrogens is 220 g/mol. The van der Waals surface area contributed by atoms with Crippen LogP contribution in [0.25, 0.3) is 0 Å². The monoisotopic (exact) mass is 238 g/mol. The number of aromatic nitrogens is 1. The van der Waals surface area contributed by atoms with E-state index in [1.54, 1.807) is 11.3 Å². The van der Waals surface area contributed by atoms with Gasteiger partial charge in [-0.05, 0) is 31.8 Å². The Morgan fingerprint density at radius 1 is 1.56 bits per heavy atom. The summed E-state index contributed by atoms with van der Waals surface area (Å²) in [7, 11) is 0. The first-order valence-corrected chi connectivity index (χ1v) is 6.78. The molecule has 1 aromatic rings. The molecule has 0 amide bonds. The molecule has 0 atom stereocenters. The molecule has 2 rings (SSSR count). The lowest BCUT2D eigenvalue weighted by molar-refractivity contribution is 0.111. The Morgan fingerprint density at radius 2 is 2.31 bits per heavy atom. The Balaban J connectivity index is 1.76. The molecule has 1 aliphatic rings. The van der Waals surface area contributed by atoms with Crippen LogP contribution in [-0.2, 0) is 6.42 Å².